The fourth-order valence-electron chi connectivity index (χ4n) is 1.57. The maximum absolute atomic E-state index is 11.3. The molecule has 0 aliphatic carbocycles. The molecule has 0 N–H and O–H groups in total. The lowest BCUT2D eigenvalue weighted by Crippen LogP contribution is -2.01. The first-order valence-electron chi connectivity index (χ1n) is 5.19. The van der Waals surface area contributed by atoms with Crippen LogP contribution in [0.15, 0.2) is 35.4 Å². The summed E-state index contributed by atoms with van der Waals surface area (Å²) in [4.78, 5) is 9.23. The first-order valence-corrected chi connectivity index (χ1v) is 7.87. The third-order valence-electron chi connectivity index (χ3n) is 2.44. The molecule has 0 saturated heterocycles. The van der Waals surface area contributed by atoms with E-state index in [-0.39, 0.29) is 6.54 Å². The summed E-state index contributed by atoms with van der Waals surface area (Å²) in [5, 5.41) is 14.8. The van der Waals surface area contributed by atoms with Gasteiger partial charge in [-0.25, -0.2) is 8.42 Å². The quantitative estimate of drug-likeness (QED) is 0.485. The molecule has 1 aromatic carbocycles. The molecule has 0 atom stereocenters. The molecule has 0 unspecified atom stereocenters. The SMILES string of the molecule is O=[N+]([O-])c1nn(Cc2ccccc2Cl)cc1S(=O)(=O)Cl. The van der Waals surface area contributed by atoms with E-state index in [1.807, 2.05) is 0 Å². The lowest BCUT2D eigenvalue weighted by molar-refractivity contribution is -0.392. The van der Waals surface area contributed by atoms with Gasteiger partial charge < -0.3 is 10.1 Å². The van der Waals surface area contributed by atoms with Crippen molar-refractivity contribution in [3.8, 4) is 0 Å². The van der Waals surface area contributed by atoms with E-state index in [1.54, 1.807) is 24.3 Å². The zero-order chi connectivity index (χ0) is 14.9. The average Bonchev–Trinajstić information content (AvgIpc) is 2.76. The van der Waals surface area contributed by atoms with E-state index in [4.69, 9.17) is 22.3 Å². The number of halogens is 2. The van der Waals surface area contributed by atoms with Gasteiger partial charge in [-0.05, 0) is 16.6 Å². The van der Waals surface area contributed by atoms with Crippen LogP contribution in [-0.4, -0.2) is 23.1 Å². The number of nitrogens with zero attached hydrogens (tertiary/aromatic N) is 3. The van der Waals surface area contributed by atoms with Gasteiger partial charge in [0.05, 0.1) is 17.8 Å². The predicted octanol–water partition coefficient (Wildman–Crippen LogP) is 2.42. The van der Waals surface area contributed by atoms with Crippen LogP contribution < -0.4 is 0 Å². The standard InChI is InChI=1S/C10H7Cl2N3O4S/c11-8-4-2-1-3-7(8)5-14-6-9(20(12,18)19)10(13-14)15(16)17/h1-4,6H,5H2. The van der Waals surface area contributed by atoms with Crippen LogP contribution in [0.25, 0.3) is 0 Å². The summed E-state index contributed by atoms with van der Waals surface area (Å²) in [6.45, 7) is 0.0902. The second-order valence-electron chi connectivity index (χ2n) is 3.80. The van der Waals surface area contributed by atoms with Crippen LogP contribution in [0.5, 0.6) is 0 Å². The highest BCUT2D eigenvalue weighted by atomic mass is 35.7. The number of hydrogen-bond acceptors (Lipinski definition) is 5. The summed E-state index contributed by atoms with van der Waals surface area (Å²) in [5.74, 6) is -0.813. The van der Waals surface area contributed by atoms with Crippen LogP contribution >= 0.6 is 22.3 Å². The minimum atomic E-state index is -4.25. The summed E-state index contributed by atoms with van der Waals surface area (Å²) < 4.78 is 23.7. The van der Waals surface area contributed by atoms with E-state index < -0.39 is 24.7 Å². The van der Waals surface area contributed by atoms with Gasteiger partial charge >= 0.3 is 5.82 Å². The highest BCUT2D eigenvalue weighted by molar-refractivity contribution is 8.13. The molecule has 0 saturated carbocycles. The molecule has 2 aromatic rings. The van der Waals surface area contributed by atoms with Crippen LogP contribution in [0.3, 0.4) is 0 Å². The van der Waals surface area contributed by atoms with Crippen molar-refractivity contribution in [2.75, 3.05) is 0 Å². The van der Waals surface area contributed by atoms with Gasteiger partial charge in [0, 0.05) is 15.7 Å². The van der Waals surface area contributed by atoms with E-state index in [9.17, 15) is 18.5 Å². The van der Waals surface area contributed by atoms with Gasteiger partial charge in [-0.3, -0.25) is 0 Å². The van der Waals surface area contributed by atoms with Gasteiger partial charge in [-0.1, -0.05) is 29.8 Å². The number of hydrogen-bond donors (Lipinski definition) is 0. The lowest BCUT2D eigenvalue weighted by Gasteiger charge is -2.00. The number of aromatic nitrogens is 2. The van der Waals surface area contributed by atoms with E-state index in [2.05, 4.69) is 5.10 Å². The molecule has 106 valence electrons. The molecule has 7 nitrogen and oxygen atoms in total. The Morgan fingerprint density at radius 3 is 2.50 bits per heavy atom. The predicted molar refractivity (Wildman–Crippen MR) is 72.5 cm³/mol. The Labute approximate surface area is 123 Å². The molecule has 0 bridgehead atoms. The first-order chi connectivity index (χ1) is 9.29. The van der Waals surface area contributed by atoms with Gasteiger partial charge in [-0.15, -0.1) is 0 Å². The van der Waals surface area contributed by atoms with Crippen LogP contribution in [0.2, 0.25) is 5.02 Å². The van der Waals surface area contributed by atoms with Crippen LogP contribution in [-0.2, 0) is 15.6 Å². The Bertz CT molecular complexity index is 773. The fraction of sp³-hybridized carbons (Fsp3) is 0.100. The molecule has 0 aliphatic rings. The van der Waals surface area contributed by atoms with Crippen molar-refractivity contribution < 1.29 is 13.3 Å². The first kappa shape index (κ1) is 14.8. The molecular weight excluding hydrogens is 329 g/mol. The minimum Gasteiger partial charge on any atom is -0.358 e. The Morgan fingerprint density at radius 2 is 2.00 bits per heavy atom. The lowest BCUT2D eigenvalue weighted by atomic mass is 10.2. The van der Waals surface area contributed by atoms with Crippen molar-refractivity contribution >= 4 is 37.2 Å². The third kappa shape index (κ3) is 3.09. The van der Waals surface area contributed by atoms with Crippen molar-refractivity contribution in [3.63, 3.8) is 0 Å². The van der Waals surface area contributed by atoms with Gasteiger partial charge in [0.1, 0.15) is 0 Å². The molecule has 1 aromatic heterocycles. The second kappa shape index (κ2) is 5.39. The smallest absolute Gasteiger partial charge is 0.358 e. The van der Waals surface area contributed by atoms with Crippen LogP contribution in [0.4, 0.5) is 5.82 Å². The Balaban J connectivity index is 2.45. The highest BCUT2D eigenvalue weighted by Gasteiger charge is 2.30. The van der Waals surface area contributed by atoms with E-state index >= 15 is 0 Å². The maximum Gasteiger partial charge on any atom is 0.410 e. The van der Waals surface area contributed by atoms with Crippen molar-refractivity contribution in [2.45, 2.75) is 11.4 Å². The number of benzene rings is 1. The molecule has 10 heteroatoms. The Hall–Kier alpha value is -1.64. The van der Waals surface area contributed by atoms with Crippen molar-refractivity contribution in [1.82, 2.24) is 9.78 Å². The minimum absolute atomic E-state index is 0.0902. The van der Waals surface area contributed by atoms with Crippen molar-refractivity contribution in [1.29, 1.82) is 0 Å². The fourth-order valence-corrected chi connectivity index (χ4v) is 2.68. The summed E-state index contributed by atoms with van der Waals surface area (Å²) in [7, 11) is 0.898. The molecule has 0 radical (unpaired) electrons. The molecule has 0 aliphatic heterocycles. The summed E-state index contributed by atoms with van der Waals surface area (Å²) in [5.41, 5.74) is 0.644. The maximum atomic E-state index is 11.3. The highest BCUT2D eigenvalue weighted by Crippen LogP contribution is 2.26. The molecular formula is C10H7Cl2N3O4S. The zero-order valence-electron chi connectivity index (χ0n) is 9.73. The molecule has 2 rings (SSSR count). The van der Waals surface area contributed by atoms with Gasteiger partial charge in [0.25, 0.3) is 9.05 Å². The van der Waals surface area contributed by atoms with Crippen molar-refractivity contribution in [2.24, 2.45) is 0 Å². The van der Waals surface area contributed by atoms with Gasteiger partial charge in [-0.2, -0.15) is 4.68 Å². The number of rotatable bonds is 4. The zero-order valence-corrected chi connectivity index (χ0v) is 12.1. The van der Waals surface area contributed by atoms with E-state index in [1.165, 1.54) is 0 Å². The normalized spacial score (nSPS) is 11.5. The Kier molecular flexibility index (Phi) is 3.98. The van der Waals surface area contributed by atoms with Gasteiger partial charge in [0.2, 0.25) is 4.90 Å². The summed E-state index contributed by atoms with van der Waals surface area (Å²) in [6.07, 6.45) is 1.00. The van der Waals surface area contributed by atoms with Crippen LogP contribution in [0.1, 0.15) is 5.56 Å². The Morgan fingerprint density at radius 1 is 1.35 bits per heavy atom. The monoisotopic (exact) mass is 335 g/mol. The van der Waals surface area contributed by atoms with E-state index in [0.29, 0.717) is 10.6 Å². The average molecular weight is 336 g/mol. The second-order valence-corrected chi connectivity index (χ2v) is 6.74. The molecule has 20 heavy (non-hydrogen) atoms. The van der Waals surface area contributed by atoms with Crippen molar-refractivity contribution in [3.05, 3.63) is 51.2 Å². The third-order valence-corrected chi connectivity index (χ3v) is 4.12. The molecule has 1 heterocycles. The molecule has 0 amide bonds. The van der Waals surface area contributed by atoms with Gasteiger partial charge in [0.15, 0.2) is 0 Å². The largest absolute Gasteiger partial charge is 0.410 e. The van der Waals surface area contributed by atoms with E-state index in [0.717, 1.165) is 10.9 Å². The summed E-state index contributed by atoms with van der Waals surface area (Å²) >= 11 is 5.95. The van der Waals surface area contributed by atoms with Crippen LogP contribution in [0, 0.1) is 10.1 Å². The number of nitro groups is 1. The topological polar surface area (TPSA) is 95.1 Å². The molecule has 0 fully saturated rings. The molecule has 0 spiro atoms. The summed E-state index contributed by atoms with van der Waals surface area (Å²) in [6, 6.07) is 6.81.